The van der Waals surface area contributed by atoms with Crippen molar-refractivity contribution in [3.63, 3.8) is 0 Å². The maximum absolute atomic E-state index is 12.8. The van der Waals surface area contributed by atoms with Gasteiger partial charge in [0.05, 0.1) is 18.9 Å². The molecule has 0 saturated carbocycles. The fourth-order valence-electron chi connectivity index (χ4n) is 2.78. The first-order valence-corrected chi connectivity index (χ1v) is 11.6. The molecule has 0 saturated heterocycles. The first-order chi connectivity index (χ1) is 16.5. The highest BCUT2D eigenvalue weighted by atomic mass is 32.1. The molecule has 0 aliphatic carbocycles. The number of rotatable bonds is 15. The van der Waals surface area contributed by atoms with Crippen LogP contribution < -0.4 is 27.0 Å². The van der Waals surface area contributed by atoms with Gasteiger partial charge in [-0.2, -0.15) is 0 Å². The van der Waals surface area contributed by atoms with E-state index in [4.69, 9.17) is 15.9 Å². The van der Waals surface area contributed by atoms with E-state index in [0.29, 0.717) is 0 Å². The standard InChI is InChI=1S/C21H35N5O9S/c1-8(2)15(22)19(33)24-11(6-13(27)28)18(32)26-16(9(3)4)20(34)23-10(5)17(31)25-12(21(35)36)7-14(29)30/h8-12,15-16H,6-7,22H2,1-5H3,(H,23,34)(H,24,33)(H,25,31)(H,26,32)(H,27,28)(H,29,30)(H,35,36)/t10-,11-,12-,15-,16-/m0/s1. The third-order valence-corrected chi connectivity index (χ3v) is 5.34. The van der Waals surface area contributed by atoms with Crippen LogP contribution in [0, 0.1) is 11.8 Å². The smallest absolute Gasteiger partial charge is 0.305 e. The largest absolute Gasteiger partial charge is 0.481 e. The molecule has 0 aliphatic heterocycles. The fourth-order valence-corrected chi connectivity index (χ4v) is 2.94. The number of nitrogens with one attached hydrogen (secondary N) is 4. The van der Waals surface area contributed by atoms with E-state index in [0.717, 1.165) is 0 Å². The van der Waals surface area contributed by atoms with Gasteiger partial charge in [0.2, 0.25) is 28.7 Å². The second-order valence-electron chi connectivity index (χ2n) is 8.89. The molecule has 204 valence electrons. The van der Waals surface area contributed by atoms with Crippen molar-refractivity contribution < 1.29 is 43.8 Å². The van der Waals surface area contributed by atoms with Crippen molar-refractivity contribution in [3.05, 3.63) is 0 Å². The van der Waals surface area contributed by atoms with Gasteiger partial charge in [-0.1, -0.05) is 27.7 Å². The monoisotopic (exact) mass is 533 g/mol. The van der Waals surface area contributed by atoms with E-state index in [9.17, 15) is 33.6 Å². The number of amides is 4. The number of hydrogen-bond donors (Lipinski definition) is 8. The minimum atomic E-state index is -1.52. The lowest BCUT2D eigenvalue weighted by Gasteiger charge is -2.27. The van der Waals surface area contributed by atoms with Crippen LogP contribution in [0.15, 0.2) is 0 Å². The third kappa shape index (κ3) is 11.5. The van der Waals surface area contributed by atoms with Crippen LogP contribution in [0.4, 0.5) is 0 Å². The Kier molecular flexibility index (Phi) is 13.7. The van der Waals surface area contributed by atoms with Crippen molar-refractivity contribution in [1.29, 1.82) is 0 Å². The van der Waals surface area contributed by atoms with Crippen molar-refractivity contribution in [1.82, 2.24) is 21.3 Å². The van der Waals surface area contributed by atoms with E-state index in [1.165, 1.54) is 6.92 Å². The molecule has 36 heavy (non-hydrogen) atoms. The van der Waals surface area contributed by atoms with Crippen molar-refractivity contribution in [2.75, 3.05) is 0 Å². The van der Waals surface area contributed by atoms with E-state index >= 15 is 0 Å². The number of carboxylic acids is 2. The second-order valence-corrected chi connectivity index (χ2v) is 9.33. The zero-order valence-corrected chi connectivity index (χ0v) is 21.6. The van der Waals surface area contributed by atoms with Crippen LogP contribution in [0.25, 0.3) is 0 Å². The van der Waals surface area contributed by atoms with Gasteiger partial charge in [-0.05, 0) is 18.8 Å². The lowest BCUT2D eigenvalue weighted by Crippen LogP contribution is -2.59. The molecule has 0 unspecified atom stereocenters. The normalized spacial score (nSPS) is 15.1. The molecule has 5 atom stereocenters. The molecule has 0 heterocycles. The molecule has 0 aliphatic rings. The van der Waals surface area contributed by atoms with Gasteiger partial charge < -0.3 is 37.2 Å². The predicted molar refractivity (Wildman–Crippen MR) is 130 cm³/mol. The van der Waals surface area contributed by atoms with E-state index in [1.54, 1.807) is 27.7 Å². The molecule has 14 nitrogen and oxygen atoms in total. The number of thiol groups is 1. The van der Waals surface area contributed by atoms with Gasteiger partial charge in [-0.15, -0.1) is 12.6 Å². The van der Waals surface area contributed by atoms with Crippen LogP contribution in [0.3, 0.4) is 0 Å². The Bertz CT molecular complexity index is 865. The summed E-state index contributed by atoms with van der Waals surface area (Å²) < 4.78 is 0. The minimum Gasteiger partial charge on any atom is -0.481 e. The Labute approximate surface area is 213 Å². The Hall–Kier alpha value is -3.20. The lowest BCUT2D eigenvalue weighted by atomic mass is 10.0. The molecule has 0 aromatic carbocycles. The molecule has 0 aromatic rings. The molecular formula is C21H35N5O9S. The van der Waals surface area contributed by atoms with Gasteiger partial charge in [0.15, 0.2) is 0 Å². The average Bonchev–Trinajstić information content (AvgIpc) is 2.74. The number of hydrogen-bond acceptors (Lipinski definition) is 8. The maximum Gasteiger partial charge on any atom is 0.305 e. The Morgan fingerprint density at radius 1 is 0.667 bits per heavy atom. The zero-order valence-electron chi connectivity index (χ0n) is 20.7. The molecule has 0 aromatic heterocycles. The second kappa shape index (κ2) is 15.0. The highest BCUT2D eigenvalue weighted by Gasteiger charge is 2.33. The molecule has 4 amide bonds. The summed E-state index contributed by atoms with van der Waals surface area (Å²) in [5.41, 5.74) is 5.75. The minimum absolute atomic E-state index is 0.284. The van der Waals surface area contributed by atoms with Crippen molar-refractivity contribution in [2.24, 2.45) is 17.6 Å². The van der Waals surface area contributed by atoms with Crippen molar-refractivity contribution >= 4 is 53.3 Å². The summed E-state index contributed by atoms with van der Waals surface area (Å²) >= 11 is 3.54. The van der Waals surface area contributed by atoms with Crippen molar-refractivity contribution in [2.45, 2.75) is 77.7 Å². The summed E-state index contributed by atoms with van der Waals surface area (Å²) in [5.74, 6) is -6.91. The van der Waals surface area contributed by atoms with Gasteiger partial charge in [-0.3, -0.25) is 33.6 Å². The van der Waals surface area contributed by atoms with Crippen LogP contribution in [-0.2, 0) is 33.6 Å². The van der Waals surface area contributed by atoms with E-state index < -0.39 is 89.7 Å². The highest BCUT2D eigenvalue weighted by molar-refractivity contribution is 7.96. The van der Waals surface area contributed by atoms with E-state index in [2.05, 4.69) is 33.9 Å². The van der Waals surface area contributed by atoms with Gasteiger partial charge >= 0.3 is 11.9 Å². The summed E-state index contributed by atoms with van der Waals surface area (Å²) in [6, 6.07) is -6.41. The predicted octanol–water partition coefficient (Wildman–Crippen LogP) is -2.01. The molecular weight excluding hydrogens is 498 g/mol. The summed E-state index contributed by atoms with van der Waals surface area (Å²) in [7, 11) is 0. The first-order valence-electron chi connectivity index (χ1n) is 11.1. The summed E-state index contributed by atoms with van der Waals surface area (Å²) in [5, 5.41) is 26.3. The average molecular weight is 534 g/mol. The SMILES string of the molecule is CC(C)[C@H](N)C(=O)N[C@@H](CC(=O)O)C(=O)N[C@H](C(=O)N[C@@H](C)C(=O)N[C@@H](CC(=O)O)C(=O)S)C(C)C. The third-order valence-electron chi connectivity index (χ3n) is 5.02. The van der Waals surface area contributed by atoms with Crippen LogP contribution >= 0.6 is 12.6 Å². The molecule has 0 spiro atoms. The summed E-state index contributed by atoms with van der Waals surface area (Å²) in [6.07, 6.45) is -1.48. The Morgan fingerprint density at radius 3 is 1.56 bits per heavy atom. The number of carbonyl (C=O) groups is 7. The Morgan fingerprint density at radius 2 is 1.14 bits per heavy atom. The number of nitrogens with two attached hydrogens (primary N) is 1. The van der Waals surface area contributed by atoms with Crippen molar-refractivity contribution in [3.8, 4) is 0 Å². The quantitative estimate of drug-likeness (QED) is 0.108. The number of carbonyl (C=O) groups excluding carboxylic acids is 5. The fraction of sp³-hybridized carbons (Fsp3) is 0.667. The maximum atomic E-state index is 12.8. The first kappa shape index (κ1) is 32.8. The van der Waals surface area contributed by atoms with Gasteiger partial charge in [0.25, 0.3) is 0 Å². The summed E-state index contributed by atoms with van der Waals surface area (Å²) in [6.45, 7) is 7.77. The number of carboxylic acid groups (broad SMARTS) is 2. The molecule has 0 bridgehead atoms. The highest BCUT2D eigenvalue weighted by Crippen LogP contribution is 2.06. The molecule has 0 rings (SSSR count). The van der Waals surface area contributed by atoms with Crippen LogP contribution in [-0.4, -0.2) is 81.1 Å². The molecule has 0 radical (unpaired) electrons. The molecule has 15 heteroatoms. The van der Waals surface area contributed by atoms with Crippen LogP contribution in [0.5, 0.6) is 0 Å². The zero-order chi connectivity index (χ0) is 28.3. The lowest BCUT2D eigenvalue weighted by molar-refractivity contribution is -0.141. The van der Waals surface area contributed by atoms with Gasteiger partial charge in [0, 0.05) is 0 Å². The molecule has 0 fully saturated rings. The molecule has 8 N–H and O–H groups in total. The van der Waals surface area contributed by atoms with Gasteiger partial charge in [-0.25, -0.2) is 0 Å². The van der Waals surface area contributed by atoms with Gasteiger partial charge in [0.1, 0.15) is 24.2 Å². The number of aliphatic carboxylic acids is 2. The topological polar surface area (TPSA) is 234 Å². The van der Waals surface area contributed by atoms with E-state index in [-0.39, 0.29) is 5.92 Å². The van der Waals surface area contributed by atoms with E-state index in [1.807, 2.05) is 0 Å². The summed E-state index contributed by atoms with van der Waals surface area (Å²) in [4.78, 5) is 83.7. The Balaban J connectivity index is 5.44. The van der Waals surface area contributed by atoms with Crippen LogP contribution in [0.2, 0.25) is 0 Å². The van der Waals surface area contributed by atoms with Crippen LogP contribution in [0.1, 0.15) is 47.5 Å².